The molecule has 0 radical (unpaired) electrons. The molecule has 2 aliphatic carbocycles. The number of carbonyl (C=O) groups is 1. The van der Waals surface area contributed by atoms with Gasteiger partial charge in [-0.3, -0.25) is 0 Å². The number of aliphatic hydroxyl groups is 4. The molecule has 0 aromatic heterocycles. The van der Waals surface area contributed by atoms with Gasteiger partial charge >= 0.3 is 5.97 Å². The molecule has 1 spiro atoms. The molecule has 2 saturated carbocycles. The smallest absolute Gasteiger partial charge is 0.334 e. The minimum Gasteiger partial charge on any atom is -0.458 e. The first-order valence-electron chi connectivity index (χ1n) is 7.45. The lowest BCUT2D eigenvalue weighted by Crippen LogP contribution is -2.59. The van der Waals surface area contributed by atoms with E-state index in [4.69, 9.17) is 9.47 Å². The van der Waals surface area contributed by atoms with Gasteiger partial charge in [0.2, 0.25) is 0 Å². The third-order valence-corrected chi connectivity index (χ3v) is 6.26. The molecule has 2 aliphatic heterocycles. The molecule has 0 bridgehead atoms. The Kier molecular flexibility index (Phi) is 2.48. The number of hydrogen-bond acceptors (Lipinski definition) is 7. The number of carbonyl (C=O) groups excluding carboxylic acids is 1. The molecule has 4 N–H and O–H groups in total. The summed E-state index contributed by atoms with van der Waals surface area (Å²) < 4.78 is 11.0. The molecular weight excluding hydrogens is 292 g/mol. The van der Waals surface area contributed by atoms with Crippen LogP contribution in [0.3, 0.4) is 0 Å². The average molecular weight is 312 g/mol. The van der Waals surface area contributed by atoms with Gasteiger partial charge in [0.1, 0.15) is 29.5 Å². The quantitative estimate of drug-likeness (QED) is 0.243. The summed E-state index contributed by atoms with van der Waals surface area (Å²) in [6, 6.07) is 0. The van der Waals surface area contributed by atoms with Crippen molar-refractivity contribution in [1.82, 2.24) is 0 Å². The maximum absolute atomic E-state index is 11.9. The SMILES string of the molecule is C=C1C(=O)O[C@@H]2C3[C@](C)(O)[C@@H](O)[C@H]4O[C@@]34[C@](C)(O)[C@H](O)C[C@@H]12. The van der Waals surface area contributed by atoms with Crippen LogP contribution < -0.4 is 0 Å². The normalized spacial score (nSPS) is 62.8. The first kappa shape index (κ1) is 14.6. The van der Waals surface area contributed by atoms with Crippen LogP contribution in [0.4, 0.5) is 0 Å². The van der Waals surface area contributed by atoms with E-state index in [0.29, 0.717) is 0 Å². The monoisotopic (exact) mass is 312 g/mol. The maximum atomic E-state index is 11.9. The van der Waals surface area contributed by atoms with Crippen LogP contribution in [0.15, 0.2) is 12.2 Å². The molecule has 2 heterocycles. The minimum absolute atomic E-state index is 0.0861. The fourth-order valence-electron chi connectivity index (χ4n) is 4.89. The molecule has 9 atom stereocenters. The van der Waals surface area contributed by atoms with E-state index in [0.717, 1.165) is 0 Å². The second kappa shape index (κ2) is 3.73. The highest BCUT2D eigenvalue weighted by Crippen LogP contribution is 2.68. The van der Waals surface area contributed by atoms with E-state index in [-0.39, 0.29) is 12.0 Å². The van der Waals surface area contributed by atoms with Gasteiger partial charge in [0.25, 0.3) is 0 Å². The van der Waals surface area contributed by atoms with Crippen molar-refractivity contribution < 1.29 is 34.7 Å². The molecule has 0 aromatic carbocycles. The van der Waals surface area contributed by atoms with Gasteiger partial charge in [0.05, 0.1) is 17.6 Å². The second-order valence-electron chi connectivity index (χ2n) is 7.38. The van der Waals surface area contributed by atoms with Gasteiger partial charge in [-0.15, -0.1) is 0 Å². The third-order valence-electron chi connectivity index (χ3n) is 6.26. The fourth-order valence-corrected chi connectivity index (χ4v) is 4.89. The van der Waals surface area contributed by atoms with Crippen molar-refractivity contribution in [3.05, 3.63) is 12.2 Å². The summed E-state index contributed by atoms with van der Waals surface area (Å²) in [5, 5.41) is 42.4. The summed E-state index contributed by atoms with van der Waals surface area (Å²) in [7, 11) is 0. The number of rotatable bonds is 0. The van der Waals surface area contributed by atoms with Crippen molar-refractivity contribution >= 4 is 5.97 Å². The molecule has 2 saturated heterocycles. The zero-order valence-corrected chi connectivity index (χ0v) is 12.4. The highest BCUT2D eigenvalue weighted by molar-refractivity contribution is 5.91. The predicted octanol–water partition coefficient (Wildman–Crippen LogP) is -1.52. The number of ether oxygens (including phenoxy) is 2. The van der Waals surface area contributed by atoms with E-state index in [9.17, 15) is 25.2 Å². The molecule has 7 nitrogen and oxygen atoms in total. The zero-order chi connectivity index (χ0) is 16.2. The summed E-state index contributed by atoms with van der Waals surface area (Å²) in [4.78, 5) is 11.9. The first-order valence-corrected chi connectivity index (χ1v) is 7.45. The average Bonchev–Trinajstić information content (AvgIpc) is 3.07. The van der Waals surface area contributed by atoms with Crippen LogP contribution in [-0.2, 0) is 14.3 Å². The Balaban J connectivity index is 1.90. The lowest BCUT2D eigenvalue weighted by atomic mass is 9.72. The number of esters is 1. The Bertz CT molecular complexity index is 582. The highest BCUT2D eigenvalue weighted by atomic mass is 16.7. The van der Waals surface area contributed by atoms with E-state index in [1.165, 1.54) is 13.8 Å². The molecule has 7 heteroatoms. The van der Waals surface area contributed by atoms with Gasteiger partial charge in [-0.25, -0.2) is 4.79 Å². The van der Waals surface area contributed by atoms with Crippen LogP contribution in [0, 0.1) is 11.8 Å². The van der Waals surface area contributed by atoms with E-state index in [1.807, 2.05) is 0 Å². The lowest BCUT2D eigenvalue weighted by Gasteiger charge is -2.41. The third kappa shape index (κ3) is 1.29. The van der Waals surface area contributed by atoms with Gasteiger partial charge < -0.3 is 29.9 Å². The summed E-state index contributed by atoms with van der Waals surface area (Å²) in [6.45, 7) is 6.59. The van der Waals surface area contributed by atoms with Gasteiger partial charge in [-0.1, -0.05) is 6.58 Å². The Morgan fingerprint density at radius 1 is 1.27 bits per heavy atom. The Morgan fingerprint density at radius 2 is 1.91 bits per heavy atom. The fraction of sp³-hybridized carbons (Fsp3) is 0.800. The van der Waals surface area contributed by atoms with Crippen molar-refractivity contribution in [3.8, 4) is 0 Å². The van der Waals surface area contributed by atoms with Gasteiger partial charge in [-0.05, 0) is 20.3 Å². The number of aliphatic hydroxyl groups excluding tert-OH is 2. The van der Waals surface area contributed by atoms with Crippen LogP contribution in [0.1, 0.15) is 20.3 Å². The largest absolute Gasteiger partial charge is 0.458 e. The first-order chi connectivity index (χ1) is 10.1. The minimum atomic E-state index is -1.68. The Morgan fingerprint density at radius 3 is 2.55 bits per heavy atom. The molecule has 122 valence electrons. The molecule has 4 fully saturated rings. The molecule has 4 rings (SSSR count). The molecule has 1 unspecified atom stereocenters. The van der Waals surface area contributed by atoms with Crippen molar-refractivity contribution in [2.75, 3.05) is 0 Å². The number of hydrogen-bond donors (Lipinski definition) is 4. The van der Waals surface area contributed by atoms with Crippen molar-refractivity contribution in [2.45, 2.75) is 61.5 Å². The molecule has 0 amide bonds. The summed E-state index contributed by atoms with van der Waals surface area (Å²) >= 11 is 0. The molecular formula is C15H20O7. The zero-order valence-electron chi connectivity index (χ0n) is 12.4. The van der Waals surface area contributed by atoms with E-state index >= 15 is 0 Å². The maximum Gasteiger partial charge on any atom is 0.334 e. The van der Waals surface area contributed by atoms with E-state index < -0.39 is 59.0 Å². The molecule has 4 aliphatic rings. The highest BCUT2D eigenvalue weighted by Gasteiger charge is 2.87. The summed E-state index contributed by atoms with van der Waals surface area (Å²) in [5.74, 6) is -1.95. The van der Waals surface area contributed by atoms with Crippen molar-refractivity contribution in [2.24, 2.45) is 11.8 Å². The van der Waals surface area contributed by atoms with Crippen LogP contribution >= 0.6 is 0 Å². The second-order valence-corrected chi connectivity index (χ2v) is 7.38. The van der Waals surface area contributed by atoms with Gasteiger partial charge in [-0.2, -0.15) is 0 Å². The summed E-state index contributed by atoms with van der Waals surface area (Å²) in [5.41, 5.74) is -4.41. The van der Waals surface area contributed by atoms with Crippen LogP contribution in [0.5, 0.6) is 0 Å². The van der Waals surface area contributed by atoms with Gasteiger partial charge in [0.15, 0.2) is 0 Å². The van der Waals surface area contributed by atoms with Crippen molar-refractivity contribution in [3.63, 3.8) is 0 Å². The van der Waals surface area contributed by atoms with Crippen molar-refractivity contribution in [1.29, 1.82) is 0 Å². The lowest BCUT2D eigenvalue weighted by molar-refractivity contribution is -0.187. The predicted molar refractivity (Wildman–Crippen MR) is 71.5 cm³/mol. The summed E-state index contributed by atoms with van der Waals surface area (Å²) in [6.07, 6.45) is -3.93. The number of fused-ring (bicyclic) bond motifs is 2. The Hall–Kier alpha value is -0.990. The van der Waals surface area contributed by atoms with Gasteiger partial charge in [0, 0.05) is 11.5 Å². The van der Waals surface area contributed by atoms with E-state index in [1.54, 1.807) is 0 Å². The van der Waals surface area contributed by atoms with Crippen LogP contribution in [0.25, 0.3) is 0 Å². The molecule has 22 heavy (non-hydrogen) atoms. The Labute approximate surface area is 127 Å². The number of epoxide rings is 1. The molecule has 0 aromatic rings. The topological polar surface area (TPSA) is 120 Å². The van der Waals surface area contributed by atoms with Crippen LogP contribution in [0.2, 0.25) is 0 Å². The standard InChI is InChI=1S/C15H20O7/c1-5-6-4-7(16)14(3,20)15-9(8(6)21-12(5)18)13(2,19)10(17)11(15)22-15/h6-11,16-17,19-20H,1,4H2,2-3H3/t6-,7+,8-,9?,10-,11+,13-,14+,15-/m0/s1. The van der Waals surface area contributed by atoms with E-state index in [2.05, 4.69) is 6.58 Å². The van der Waals surface area contributed by atoms with Crippen LogP contribution in [-0.4, -0.2) is 67.6 Å².